The van der Waals surface area contributed by atoms with Crippen molar-refractivity contribution in [1.29, 1.82) is 0 Å². The third kappa shape index (κ3) is 5.45. The minimum absolute atomic E-state index is 0.0528. The summed E-state index contributed by atoms with van der Waals surface area (Å²) in [6.45, 7) is 3.38. The average Bonchev–Trinajstić information content (AvgIpc) is 2.55. The molecule has 8 heteroatoms. The fourth-order valence-corrected chi connectivity index (χ4v) is 1.71. The topological polar surface area (TPSA) is 91.3 Å². The standard InChI is InChI=1S/C16H18FNO6/c1-4-23-14(19)9-13(16(21)24-5-2)18-12-8-10(15(20)22-3)6-7-11(12)17/h6-8H,4-5,9H2,1-3H3. The predicted molar refractivity (Wildman–Crippen MR) is 82.7 cm³/mol. The van der Waals surface area contributed by atoms with Crippen LogP contribution in [0.25, 0.3) is 0 Å². The lowest BCUT2D eigenvalue weighted by Crippen LogP contribution is -2.22. The second-order valence-electron chi connectivity index (χ2n) is 4.42. The highest BCUT2D eigenvalue weighted by molar-refractivity contribution is 6.39. The third-order valence-electron chi connectivity index (χ3n) is 2.75. The molecule has 130 valence electrons. The van der Waals surface area contributed by atoms with Gasteiger partial charge in [0.1, 0.15) is 17.2 Å². The van der Waals surface area contributed by atoms with Crippen molar-refractivity contribution in [2.24, 2.45) is 4.99 Å². The van der Waals surface area contributed by atoms with Gasteiger partial charge >= 0.3 is 17.9 Å². The van der Waals surface area contributed by atoms with Crippen LogP contribution in [0.4, 0.5) is 10.1 Å². The molecule has 0 N–H and O–H groups in total. The first kappa shape index (κ1) is 19.3. The van der Waals surface area contributed by atoms with E-state index in [4.69, 9.17) is 9.47 Å². The molecule has 1 rings (SSSR count). The first-order valence-electron chi connectivity index (χ1n) is 7.21. The Balaban J connectivity index is 3.23. The monoisotopic (exact) mass is 339 g/mol. The average molecular weight is 339 g/mol. The first-order valence-corrected chi connectivity index (χ1v) is 7.21. The van der Waals surface area contributed by atoms with E-state index >= 15 is 0 Å². The maximum Gasteiger partial charge on any atom is 0.353 e. The minimum Gasteiger partial charge on any atom is -0.466 e. The summed E-state index contributed by atoms with van der Waals surface area (Å²) in [6.07, 6.45) is -0.478. The molecule has 0 fully saturated rings. The number of ether oxygens (including phenoxy) is 3. The van der Waals surface area contributed by atoms with Crippen molar-refractivity contribution in [3.63, 3.8) is 0 Å². The zero-order valence-electron chi connectivity index (χ0n) is 13.6. The molecule has 0 radical (unpaired) electrons. The van der Waals surface area contributed by atoms with Gasteiger partial charge in [0.25, 0.3) is 0 Å². The van der Waals surface area contributed by atoms with E-state index in [2.05, 4.69) is 9.73 Å². The van der Waals surface area contributed by atoms with Crippen LogP contribution >= 0.6 is 0 Å². The van der Waals surface area contributed by atoms with Gasteiger partial charge in [-0.15, -0.1) is 0 Å². The van der Waals surface area contributed by atoms with E-state index in [0.717, 1.165) is 12.1 Å². The van der Waals surface area contributed by atoms with E-state index in [-0.39, 0.29) is 30.2 Å². The Labute approximate surface area is 138 Å². The van der Waals surface area contributed by atoms with Gasteiger partial charge in [-0.2, -0.15) is 0 Å². The van der Waals surface area contributed by atoms with Crippen LogP contribution in [0.1, 0.15) is 30.6 Å². The Bertz CT molecular complexity index is 656. The first-order chi connectivity index (χ1) is 11.4. The molecule has 0 heterocycles. The van der Waals surface area contributed by atoms with Crippen molar-refractivity contribution < 1.29 is 33.0 Å². The zero-order valence-corrected chi connectivity index (χ0v) is 13.6. The van der Waals surface area contributed by atoms with Crippen LogP contribution in [0, 0.1) is 5.82 Å². The largest absolute Gasteiger partial charge is 0.466 e. The van der Waals surface area contributed by atoms with Gasteiger partial charge in [0, 0.05) is 0 Å². The molecule has 0 aliphatic heterocycles. The summed E-state index contributed by atoms with van der Waals surface area (Å²) in [6, 6.07) is 3.35. The lowest BCUT2D eigenvalue weighted by Gasteiger charge is -2.07. The minimum atomic E-state index is -0.867. The van der Waals surface area contributed by atoms with Crippen molar-refractivity contribution in [3.8, 4) is 0 Å². The van der Waals surface area contributed by atoms with Gasteiger partial charge in [-0.25, -0.2) is 19.0 Å². The highest BCUT2D eigenvalue weighted by Gasteiger charge is 2.19. The summed E-state index contributed by atoms with van der Waals surface area (Å²) in [5, 5.41) is 0. The molecular formula is C16H18FNO6. The number of benzene rings is 1. The van der Waals surface area contributed by atoms with Crippen LogP contribution in [0.15, 0.2) is 23.2 Å². The number of methoxy groups -OCH3 is 1. The van der Waals surface area contributed by atoms with Gasteiger partial charge in [-0.05, 0) is 32.0 Å². The number of carbonyl (C=O) groups is 3. The summed E-state index contributed by atoms with van der Waals surface area (Å²) in [7, 11) is 1.18. The van der Waals surface area contributed by atoms with E-state index in [0.29, 0.717) is 0 Å². The number of hydrogen-bond acceptors (Lipinski definition) is 7. The van der Waals surface area contributed by atoms with Crippen LogP contribution in [-0.2, 0) is 23.8 Å². The fraction of sp³-hybridized carbons (Fsp3) is 0.375. The molecule has 24 heavy (non-hydrogen) atoms. The van der Waals surface area contributed by atoms with Gasteiger partial charge in [0.05, 0.1) is 32.3 Å². The van der Waals surface area contributed by atoms with Gasteiger partial charge in [0.15, 0.2) is 0 Å². The molecule has 0 amide bonds. The Hall–Kier alpha value is -2.77. The molecule has 0 bridgehead atoms. The number of halogens is 1. The second kappa shape index (κ2) is 9.39. The highest BCUT2D eigenvalue weighted by Crippen LogP contribution is 2.21. The molecule has 7 nitrogen and oxygen atoms in total. The van der Waals surface area contributed by atoms with E-state index in [1.54, 1.807) is 13.8 Å². The lowest BCUT2D eigenvalue weighted by molar-refractivity contribution is -0.143. The number of aliphatic imine (C=N–C) groups is 1. The number of nitrogens with zero attached hydrogens (tertiary/aromatic N) is 1. The third-order valence-corrected chi connectivity index (χ3v) is 2.75. The van der Waals surface area contributed by atoms with Crippen molar-refractivity contribution >= 4 is 29.3 Å². The van der Waals surface area contributed by atoms with Gasteiger partial charge < -0.3 is 14.2 Å². The normalized spacial score (nSPS) is 10.9. The Kier molecular flexibility index (Phi) is 7.54. The van der Waals surface area contributed by atoms with Crippen LogP contribution in [0.2, 0.25) is 0 Å². The maximum absolute atomic E-state index is 13.9. The SMILES string of the molecule is CCOC(=O)CC(=Nc1cc(C(=O)OC)ccc1F)C(=O)OCC. The molecule has 1 aromatic carbocycles. The second-order valence-corrected chi connectivity index (χ2v) is 4.42. The Morgan fingerprint density at radius 3 is 2.38 bits per heavy atom. The van der Waals surface area contributed by atoms with Crippen molar-refractivity contribution in [1.82, 2.24) is 0 Å². The van der Waals surface area contributed by atoms with E-state index in [9.17, 15) is 18.8 Å². The maximum atomic E-state index is 13.9. The summed E-state index contributed by atoms with van der Waals surface area (Å²) >= 11 is 0. The summed E-state index contributed by atoms with van der Waals surface area (Å²) in [5.74, 6) is -3.02. The molecule has 1 aromatic rings. The molecule has 0 saturated heterocycles. The van der Waals surface area contributed by atoms with Crippen LogP contribution < -0.4 is 0 Å². The molecule has 0 aromatic heterocycles. The van der Waals surface area contributed by atoms with Crippen LogP contribution in [-0.4, -0.2) is 43.9 Å². The van der Waals surface area contributed by atoms with Crippen molar-refractivity contribution in [3.05, 3.63) is 29.6 Å². The van der Waals surface area contributed by atoms with Gasteiger partial charge in [-0.3, -0.25) is 4.79 Å². The zero-order chi connectivity index (χ0) is 18.1. The quantitative estimate of drug-likeness (QED) is 0.430. The Morgan fingerprint density at radius 1 is 1.12 bits per heavy atom. The van der Waals surface area contributed by atoms with E-state index in [1.165, 1.54) is 13.2 Å². The smallest absolute Gasteiger partial charge is 0.353 e. The highest BCUT2D eigenvalue weighted by atomic mass is 19.1. The molecule has 0 aliphatic carbocycles. The van der Waals surface area contributed by atoms with Crippen LogP contribution in [0.3, 0.4) is 0 Å². The van der Waals surface area contributed by atoms with E-state index < -0.39 is 30.1 Å². The van der Waals surface area contributed by atoms with Gasteiger partial charge in [0.2, 0.25) is 0 Å². The molecular weight excluding hydrogens is 321 g/mol. The van der Waals surface area contributed by atoms with E-state index in [1.807, 2.05) is 0 Å². The number of rotatable bonds is 7. The van der Waals surface area contributed by atoms with Crippen molar-refractivity contribution in [2.45, 2.75) is 20.3 Å². The van der Waals surface area contributed by atoms with Gasteiger partial charge in [-0.1, -0.05) is 0 Å². The summed E-state index contributed by atoms with van der Waals surface area (Å²) < 4.78 is 28.0. The molecule has 0 aliphatic rings. The van der Waals surface area contributed by atoms with Crippen molar-refractivity contribution in [2.75, 3.05) is 20.3 Å². The summed E-state index contributed by atoms with van der Waals surface area (Å²) in [4.78, 5) is 38.8. The number of esters is 3. The number of hydrogen-bond donors (Lipinski definition) is 0. The number of carbonyl (C=O) groups excluding carboxylic acids is 3. The molecule has 0 saturated carbocycles. The predicted octanol–water partition coefficient (Wildman–Crippen LogP) is 2.20. The lowest BCUT2D eigenvalue weighted by atomic mass is 10.2. The molecule has 0 unspecified atom stereocenters. The summed E-state index contributed by atoms with van der Waals surface area (Å²) in [5.41, 5.74) is -0.557. The molecule has 0 spiro atoms. The molecule has 0 atom stereocenters. The van der Waals surface area contributed by atoms with Crippen LogP contribution in [0.5, 0.6) is 0 Å². The Morgan fingerprint density at radius 2 is 1.79 bits per heavy atom. The fourth-order valence-electron chi connectivity index (χ4n) is 1.71.